The van der Waals surface area contributed by atoms with Gasteiger partial charge in [-0.25, -0.2) is 9.78 Å². The van der Waals surface area contributed by atoms with Crippen molar-refractivity contribution in [3.05, 3.63) is 16.1 Å². The molecular weight excluding hydrogens is 336 g/mol. The van der Waals surface area contributed by atoms with Crippen LogP contribution in [0.4, 0.5) is 4.79 Å². The van der Waals surface area contributed by atoms with Gasteiger partial charge in [0, 0.05) is 25.1 Å². The predicted octanol–water partition coefficient (Wildman–Crippen LogP) is 2.40. The molecule has 3 heterocycles. The normalized spacial score (nSPS) is 25.2. The molecule has 0 aliphatic carbocycles. The molecule has 3 rings (SSSR count). The van der Waals surface area contributed by atoms with Crippen LogP contribution in [0.3, 0.4) is 0 Å². The van der Waals surface area contributed by atoms with Crippen molar-refractivity contribution >= 4 is 17.4 Å². The quantitative estimate of drug-likeness (QED) is 0.811. The zero-order chi connectivity index (χ0) is 17.7. The average Bonchev–Trinajstić information content (AvgIpc) is 3.23. The van der Waals surface area contributed by atoms with Gasteiger partial charge in [0.05, 0.1) is 22.8 Å². The highest BCUT2D eigenvalue weighted by atomic mass is 32.1. The highest BCUT2D eigenvalue weighted by Gasteiger charge is 2.31. The van der Waals surface area contributed by atoms with Crippen molar-refractivity contribution in [2.45, 2.75) is 51.6 Å². The number of nitrogens with one attached hydrogen (secondary N) is 2. The molecule has 6 nitrogen and oxygen atoms in total. The summed E-state index contributed by atoms with van der Waals surface area (Å²) in [5.74, 6) is 0.566. The maximum absolute atomic E-state index is 12.1. The minimum absolute atomic E-state index is 0.0648. The average molecular weight is 367 g/mol. The van der Waals surface area contributed by atoms with Crippen LogP contribution >= 0.6 is 11.3 Å². The van der Waals surface area contributed by atoms with Gasteiger partial charge in [0.25, 0.3) is 0 Å². The first-order chi connectivity index (χ1) is 12.1. The number of ether oxygens (including phenoxy) is 1. The Morgan fingerprint density at radius 1 is 1.48 bits per heavy atom. The predicted molar refractivity (Wildman–Crippen MR) is 99.9 cm³/mol. The molecular formula is C18H30N4O2S. The molecule has 0 spiro atoms. The van der Waals surface area contributed by atoms with Gasteiger partial charge in [-0.15, -0.1) is 11.3 Å². The number of aromatic nitrogens is 1. The van der Waals surface area contributed by atoms with E-state index >= 15 is 0 Å². The number of rotatable bonds is 6. The van der Waals surface area contributed by atoms with E-state index in [9.17, 15) is 4.79 Å². The number of carbonyl (C=O) groups excluding carboxylic acids is 1. The number of hydrogen-bond donors (Lipinski definition) is 2. The van der Waals surface area contributed by atoms with Crippen LogP contribution in [-0.2, 0) is 17.7 Å². The molecule has 2 fully saturated rings. The summed E-state index contributed by atoms with van der Waals surface area (Å²) in [4.78, 5) is 19.2. The second kappa shape index (κ2) is 8.47. The summed E-state index contributed by atoms with van der Waals surface area (Å²) in [6.45, 7) is 9.40. The van der Waals surface area contributed by atoms with E-state index in [0.717, 1.165) is 58.5 Å². The third-order valence-corrected chi connectivity index (χ3v) is 6.22. The second-order valence-corrected chi connectivity index (χ2v) is 8.45. The number of aryl methyl sites for hydroxylation is 1. The Labute approximate surface area is 154 Å². The summed E-state index contributed by atoms with van der Waals surface area (Å²) in [7, 11) is 0. The zero-order valence-electron chi connectivity index (χ0n) is 15.3. The van der Waals surface area contributed by atoms with Gasteiger partial charge in [-0.1, -0.05) is 6.92 Å². The van der Waals surface area contributed by atoms with Gasteiger partial charge in [-0.05, 0) is 51.6 Å². The molecule has 1 aromatic heterocycles. The number of likely N-dealkylation sites (tertiary alicyclic amines) is 1. The third kappa shape index (κ3) is 5.39. The Morgan fingerprint density at radius 2 is 2.28 bits per heavy atom. The van der Waals surface area contributed by atoms with Gasteiger partial charge >= 0.3 is 6.03 Å². The third-order valence-electron chi connectivity index (χ3n) is 5.18. The Bertz CT molecular complexity index is 563. The van der Waals surface area contributed by atoms with Crippen molar-refractivity contribution < 1.29 is 9.53 Å². The number of nitrogens with zero attached hydrogens (tertiary/aromatic N) is 2. The SMILES string of the molecule is CCc1nc(CN2CCC(CNC(=O)NC3(C)CCOC3)CC2)cs1. The van der Waals surface area contributed by atoms with E-state index in [4.69, 9.17) is 4.74 Å². The summed E-state index contributed by atoms with van der Waals surface area (Å²) in [5.41, 5.74) is 0.989. The lowest BCUT2D eigenvalue weighted by atomic mass is 9.96. The fraction of sp³-hybridized carbons (Fsp3) is 0.778. The molecule has 0 radical (unpaired) electrons. The van der Waals surface area contributed by atoms with Crippen molar-refractivity contribution in [2.75, 3.05) is 32.8 Å². The first-order valence-corrected chi connectivity index (χ1v) is 10.2. The monoisotopic (exact) mass is 366 g/mol. The maximum atomic E-state index is 12.1. The number of thiazole rings is 1. The standard InChI is InChI=1S/C18H30N4O2S/c1-3-16-20-15(12-25-16)11-22-7-4-14(5-8-22)10-19-17(23)21-18(2)6-9-24-13-18/h12,14H,3-11,13H2,1-2H3,(H2,19,21,23). The summed E-state index contributed by atoms with van der Waals surface area (Å²) < 4.78 is 5.37. The smallest absolute Gasteiger partial charge is 0.315 e. The Morgan fingerprint density at radius 3 is 2.92 bits per heavy atom. The topological polar surface area (TPSA) is 66.5 Å². The van der Waals surface area contributed by atoms with Crippen molar-refractivity contribution in [3.63, 3.8) is 0 Å². The first-order valence-electron chi connectivity index (χ1n) is 9.36. The van der Waals surface area contributed by atoms with Gasteiger partial charge in [0.1, 0.15) is 0 Å². The van der Waals surface area contributed by atoms with Crippen LogP contribution in [0.15, 0.2) is 5.38 Å². The van der Waals surface area contributed by atoms with Crippen LogP contribution in [0.2, 0.25) is 0 Å². The summed E-state index contributed by atoms with van der Waals surface area (Å²) >= 11 is 1.76. The van der Waals surface area contributed by atoms with Gasteiger partial charge in [-0.2, -0.15) is 0 Å². The number of hydrogen-bond acceptors (Lipinski definition) is 5. The van der Waals surface area contributed by atoms with E-state index < -0.39 is 0 Å². The highest BCUT2D eigenvalue weighted by molar-refractivity contribution is 7.09. The molecule has 0 aromatic carbocycles. The summed E-state index contributed by atoms with van der Waals surface area (Å²) in [6.07, 6.45) is 4.16. The Balaban J connectivity index is 1.34. The minimum atomic E-state index is -0.210. The second-order valence-electron chi connectivity index (χ2n) is 7.50. The fourth-order valence-electron chi connectivity index (χ4n) is 3.48. The van der Waals surface area contributed by atoms with Crippen LogP contribution < -0.4 is 10.6 Å². The molecule has 0 saturated carbocycles. The lowest BCUT2D eigenvalue weighted by molar-refractivity contribution is 0.165. The van der Waals surface area contributed by atoms with E-state index in [-0.39, 0.29) is 11.6 Å². The molecule has 1 aromatic rings. The van der Waals surface area contributed by atoms with Crippen molar-refractivity contribution in [1.29, 1.82) is 0 Å². The van der Waals surface area contributed by atoms with Crippen molar-refractivity contribution in [3.8, 4) is 0 Å². The molecule has 2 amide bonds. The van der Waals surface area contributed by atoms with Crippen LogP contribution in [0.5, 0.6) is 0 Å². The van der Waals surface area contributed by atoms with Gasteiger partial charge < -0.3 is 15.4 Å². The van der Waals surface area contributed by atoms with E-state index in [2.05, 4.69) is 32.8 Å². The van der Waals surface area contributed by atoms with E-state index in [1.54, 1.807) is 11.3 Å². The lowest BCUT2D eigenvalue weighted by Crippen LogP contribution is -2.51. The molecule has 2 saturated heterocycles. The molecule has 2 aliphatic rings. The fourth-order valence-corrected chi connectivity index (χ4v) is 4.22. The minimum Gasteiger partial charge on any atom is -0.379 e. The van der Waals surface area contributed by atoms with Crippen LogP contribution in [-0.4, -0.2) is 54.3 Å². The van der Waals surface area contributed by atoms with E-state index in [1.807, 2.05) is 6.92 Å². The molecule has 0 bridgehead atoms. The molecule has 1 unspecified atom stereocenters. The molecule has 2 aliphatic heterocycles. The number of urea groups is 1. The largest absolute Gasteiger partial charge is 0.379 e. The zero-order valence-corrected chi connectivity index (χ0v) is 16.2. The highest BCUT2D eigenvalue weighted by Crippen LogP contribution is 2.20. The van der Waals surface area contributed by atoms with Gasteiger partial charge in [0.15, 0.2) is 0 Å². The van der Waals surface area contributed by atoms with Crippen LogP contribution in [0, 0.1) is 5.92 Å². The van der Waals surface area contributed by atoms with E-state index in [1.165, 1.54) is 10.7 Å². The molecule has 2 N–H and O–H groups in total. The maximum Gasteiger partial charge on any atom is 0.315 e. The lowest BCUT2D eigenvalue weighted by Gasteiger charge is -2.32. The van der Waals surface area contributed by atoms with Crippen molar-refractivity contribution in [2.24, 2.45) is 5.92 Å². The van der Waals surface area contributed by atoms with Crippen LogP contribution in [0.25, 0.3) is 0 Å². The van der Waals surface area contributed by atoms with Gasteiger partial charge in [-0.3, -0.25) is 4.90 Å². The molecule has 25 heavy (non-hydrogen) atoms. The van der Waals surface area contributed by atoms with Crippen molar-refractivity contribution in [1.82, 2.24) is 20.5 Å². The summed E-state index contributed by atoms with van der Waals surface area (Å²) in [6, 6.07) is -0.0648. The summed E-state index contributed by atoms with van der Waals surface area (Å²) in [5, 5.41) is 9.50. The van der Waals surface area contributed by atoms with E-state index in [0.29, 0.717) is 12.5 Å². The molecule has 7 heteroatoms. The van der Waals surface area contributed by atoms with Crippen LogP contribution in [0.1, 0.15) is 43.8 Å². The Kier molecular flexibility index (Phi) is 6.30. The Hall–Kier alpha value is -1.18. The first kappa shape index (κ1) is 18.6. The molecule has 140 valence electrons. The molecule has 1 atom stereocenters. The number of piperidine rings is 1. The van der Waals surface area contributed by atoms with Gasteiger partial charge in [0.2, 0.25) is 0 Å². The number of carbonyl (C=O) groups is 1. The number of amides is 2.